The molecule has 0 aromatic rings. The molecule has 0 spiro atoms. The lowest BCUT2D eigenvalue weighted by molar-refractivity contribution is -0.154. The molecule has 0 heterocycles. The Hall–Kier alpha value is -1.58. The highest BCUT2D eigenvalue weighted by atomic mass is 31.2. The summed E-state index contributed by atoms with van der Waals surface area (Å²) in [5.41, 5.74) is 0. The van der Waals surface area contributed by atoms with E-state index in [1.807, 2.05) is 0 Å². The molecule has 0 bridgehead atoms. The lowest BCUT2D eigenvalue weighted by Gasteiger charge is -2.20. The van der Waals surface area contributed by atoms with Crippen molar-refractivity contribution < 1.29 is 43.0 Å². The summed E-state index contributed by atoms with van der Waals surface area (Å²) in [5, 5.41) is 18.4. The molecule has 0 aromatic carbocycles. The molecule has 3 unspecified atom stereocenters. The summed E-state index contributed by atoms with van der Waals surface area (Å²) in [4.78, 5) is 22.7. The highest BCUT2D eigenvalue weighted by molar-refractivity contribution is 7.47. The van der Waals surface area contributed by atoms with Crippen molar-refractivity contribution in [3.05, 3.63) is 48.6 Å². The van der Waals surface area contributed by atoms with Crippen LogP contribution in [0, 0.1) is 0 Å². The van der Waals surface area contributed by atoms with Gasteiger partial charge in [0.05, 0.1) is 26.4 Å². The predicted molar refractivity (Wildman–Crippen MR) is 279 cm³/mol. The van der Waals surface area contributed by atoms with Crippen LogP contribution in [0.15, 0.2) is 48.6 Å². The molecule has 0 aliphatic rings. The molecule has 0 rings (SSSR count). The van der Waals surface area contributed by atoms with E-state index in [9.17, 15) is 19.4 Å². The average Bonchev–Trinajstić information content (AvgIpc) is 3.31. The highest BCUT2D eigenvalue weighted by Gasteiger charge is 2.26. The molecule has 0 amide bonds. The SMILES string of the molecule is CC/C=C\C/C=C\C/C=C\C/C=C\CCCCCCCCCCC(=O)OC(COCCCCCCCCCCCCCCCCCCCCCCCCCC)COP(=O)(O)OCC(O)CO. The molecule has 0 saturated heterocycles. The van der Waals surface area contributed by atoms with E-state index in [0.29, 0.717) is 6.61 Å². The number of hydrogen-bond acceptors (Lipinski definition) is 8. The number of esters is 1. The van der Waals surface area contributed by atoms with Crippen molar-refractivity contribution in [2.24, 2.45) is 0 Å². The van der Waals surface area contributed by atoms with Crippen LogP contribution in [0.25, 0.3) is 0 Å². The Labute approximate surface area is 407 Å². The van der Waals surface area contributed by atoms with Crippen LogP contribution >= 0.6 is 7.82 Å². The maximum absolute atomic E-state index is 12.7. The van der Waals surface area contributed by atoms with Crippen LogP contribution in [0.5, 0.6) is 0 Å². The van der Waals surface area contributed by atoms with Crippen molar-refractivity contribution in [2.45, 2.75) is 270 Å². The van der Waals surface area contributed by atoms with E-state index in [0.717, 1.165) is 70.6 Å². The molecule has 0 aliphatic carbocycles. The number of carbonyl (C=O) groups excluding carboxylic acids is 1. The minimum atomic E-state index is -4.53. The van der Waals surface area contributed by atoms with E-state index in [2.05, 4.69) is 62.5 Å². The Morgan fingerprint density at radius 2 is 0.864 bits per heavy atom. The van der Waals surface area contributed by atoms with E-state index in [-0.39, 0.29) is 25.6 Å². The van der Waals surface area contributed by atoms with Crippen molar-refractivity contribution in [1.82, 2.24) is 0 Å². The molecule has 0 saturated carbocycles. The Bertz CT molecular complexity index is 1170. The monoisotopic (exact) mass is 953 g/mol. The van der Waals surface area contributed by atoms with Gasteiger partial charge in [-0.05, 0) is 51.4 Å². The zero-order valence-corrected chi connectivity index (χ0v) is 43.8. The normalized spacial score (nSPS) is 14.1. The molecular formula is C56H105O9P. The smallest absolute Gasteiger partial charge is 0.457 e. The van der Waals surface area contributed by atoms with Crippen LogP contribution in [-0.4, -0.2) is 66.3 Å². The molecule has 0 radical (unpaired) electrons. The second-order valence-corrected chi connectivity index (χ2v) is 20.0. The Morgan fingerprint density at radius 1 is 0.485 bits per heavy atom. The molecule has 66 heavy (non-hydrogen) atoms. The second-order valence-electron chi connectivity index (χ2n) is 18.6. The van der Waals surface area contributed by atoms with Gasteiger partial charge in [0.1, 0.15) is 12.2 Å². The minimum Gasteiger partial charge on any atom is -0.457 e. The third-order valence-corrected chi connectivity index (χ3v) is 13.0. The lowest BCUT2D eigenvalue weighted by atomic mass is 10.0. The lowest BCUT2D eigenvalue weighted by Crippen LogP contribution is -2.29. The van der Waals surface area contributed by atoms with E-state index >= 15 is 0 Å². The zero-order valence-electron chi connectivity index (χ0n) is 42.9. The number of allylic oxidation sites excluding steroid dienone is 8. The Kier molecular flexibility index (Phi) is 51.5. The van der Waals surface area contributed by atoms with E-state index < -0.39 is 33.2 Å². The molecular weight excluding hydrogens is 848 g/mol. The van der Waals surface area contributed by atoms with Crippen molar-refractivity contribution in [3.63, 3.8) is 0 Å². The molecule has 0 fully saturated rings. The summed E-state index contributed by atoms with van der Waals surface area (Å²) in [6.07, 6.45) is 62.3. The van der Waals surface area contributed by atoms with Gasteiger partial charge < -0.3 is 24.6 Å². The van der Waals surface area contributed by atoms with Gasteiger partial charge in [-0.3, -0.25) is 13.8 Å². The first kappa shape index (κ1) is 64.4. The predicted octanol–water partition coefficient (Wildman–Crippen LogP) is 16.5. The van der Waals surface area contributed by atoms with Crippen LogP contribution in [0.2, 0.25) is 0 Å². The number of unbranched alkanes of at least 4 members (excludes halogenated alkanes) is 31. The Morgan fingerprint density at radius 3 is 1.30 bits per heavy atom. The number of rotatable bonds is 53. The van der Waals surface area contributed by atoms with Crippen molar-refractivity contribution in [1.29, 1.82) is 0 Å². The van der Waals surface area contributed by atoms with E-state index in [1.54, 1.807) is 0 Å². The summed E-state index contributed by atoms with van der Waals surface area (Å²) in [7, 11) is -4.53. The average molecular weight is 953 g/mol. The van der Waals surface area contributed by atoms with Gasteiger partial charge in [0.15, 0.2) is 0 Å². The summed E-state index contributed by atoms with van der Waals surface area (Å²) in [6.45, 7) is 3.45. The number of carbonyl (C=O) groups is 1. The fraction of sp³-hybridized carbons (Fsp3) is 0.839. The number of aliphatic hydroxyl groups is 2. The second kappa shape index (κ2) is 52.8. The number of ether oxygens (including phenoxy) is 2. The highest BCUT2D eigenvalue weighted by Crippen LogP contribution is 2.43. The standard InChI is InChI=1S/C56H105O9P/c1-3-5-7-9-11-13-15-17-19-21-23-25-26-27-29-31-33-35-37-39-41-43-45-47-49-62-52-55(53-64-66(60,61)63-51-54(58)50-57)65-56(59)48-46-44-42-40-38-36-34-32-30-28-24-22-20-18-16-14-12-10-8-6-4-2/h6,8,12,14,18,20,24,28,54-55,57-58H,3-5,7,9-11,13,15-17,19,21-23,25-27,29-53H2,1-2H3,(H,60,61)/b8-6-,14-12-,20-18-,28-24-. The third-order valence-electron chi connectivity index (χ3n) is 12.0. The quantitative estimate of drug-likeness (QED) is 0.0236. The van der Waals surface area contributed by atoms with E-state index in [1.165, 1.54) is 167 Å². The van der Waals surface area contributed by atoms with Gasteiger partial charge in [-0.1, -0.05) is 249 Å². The number of phosphoric ester groups is 1. The van der Waals surface area contributed by atoms with Crippen molar-refractivity contribution in [3.8, 4) is 0 Å². The number of aliphatic hydroxyl groups excluding tert-OH is 2. The largest absolute Gasteiger partial charge is 0.472 e. The molecule has 388 valence electrons. The molecule has 0 aromatic heterocycles. The van der Waals surface area contributed by atoms with Crippen LogP contribution < -0.4 is 0 Å². The maximum Gasteiger partial charge on any atom is 0.472 e. The fourth-order valence-electron chi connectivity index (χ4n) is 7.88. The maximum atomic E-state index is 12.7. The number of phosphoric acid groups is 1. The summed E-state index contributed by atoms with van der Waals surface area (Å²) in [5.74, 6) is -0.387. The summed E-state index contributed by atoms with van der Waals surface area (Å²) in [6, 6.07) is 0. The summed E-state index contributed by atoms with van der Waals surface area (Å²) < 4.78 is 33.6. The van der Waals surface area contributed by atoms with Gasteiger partial charge in [-0.2, -0.15) is 0 Å². The van der Waals surface area contributed by atoms with Gasteiger partial charge in [0.2, 0.25) is 0 Å². The van der Waals surface area contributed by atoms with E-state index in [4.69, 9.17) is 23.6 Å². The third kappa shape index (κ3) is 51.8. The zero-order chi connectivity index (χ0) is 48.1. The molecule has 3 N–H and O–H groups in total. The molecule has 0 aliphatic heterocycles. The summed E-state index contributed by atoms with van der Waals surface area (Å²) >= 11 is 0. The first-order valence-corrected chi connectivity index (χ1v) is 29.1. The topological polar surface area (TPSA) is 132 Å². The van der Waals surface area contributed by atoms with Gasteiger partial charge in [0.25, 0.3) is 0 Å². The van der Waals surface area contributed by atoms with Gasteiger partial charge in [-0.25, -0.2) is 4.57 Å². The molecule has 9 nitrogen and oxygen atoms in total. The van der Waals surface area contributed by atoms with Gasteiger partial charge >= 0.3 is 13.8 Å². The van der Waals surface area contributed by atoms with Gasteiger partial charge in [0, 0.05) is 13.0 Å². The number of hydrogen-bond donors (Lipinski definition) is 3. The fourth-order valence-corrected chi connectivity index (χ4v) is 8.67. The first-order chi connectivity index (χ1) is 32.3. The van der Waals surface area contributed by atoms with Crippen molar-refractivity contribution >= 4 is 13.8 Å². The minimum absolute atomic E-state index is 0.0483. The van der Waals surface area contributed by atoms with Crippen LogP contribution in [0.1, 0.15) is 258 Å². The molecule has 3 atom stereocenters. The Balaban J connectivity index is 4.01. The van der Waals surface area contributed by atoms with Crippen LogP contribution in [0.3, 0.4) is 0 Å². The first-order valence-electron chi connectivity index (χ1n) is 27.6. The van der Waals surface area contributed by atoms with Crippen LogP contribution in [0.4, 0.5) is 0 Å². The molecule has 10 heteroatoms. The van der Waals surface area contributed by atoms with Gasteiger partial charge in [-0.15, -0.1) is 0 Å². The van der Waals surface area contributed by atoms with Crippen LogP contribution in [-0.2, 0) is 27.9 Å². The van der Waals surface area contributed by atoms with Crippen molar-refractivity contribution in [2.75, 3.05) is 33.0 Å².